The molecule has 0 spiro atoms. The van der Waals surface area contributed by atoms with Crippen LogP contribution in [0.15, 0.2) is 35.6 Å². The van der Waals surface area contributed by atoms with Gasteiger partial charge in [0.15, 0.2) is 0 Å². The molecule has 13 heteroatoms. The Morgan fingerprint density at radius 2 is 1.63 bits per heavy atom. The average molecular weight is 456 g/mol. The van der Waals surface area contributed by atoms with Crippen LogP contribution in [0.25, 0.3) is 22.3 Å². The molecule has 0 amide bonds. The van der Waals surface area contributed by atoms with Crippen LogP contribution in [0.2, 0.25) is 0 Å². The van der Waals surface area contributed by atoms with E-state index in [1.54, 1.807) is 6.92 Å². The topological polar surface area (TPSA) is 43.6 Å². The van der Waals surface area contributed by atoms with Crippen molar-refractivity contribution in [1.29, 1.82) is 0 Å². The van der Waals surface area contributed by atoms with Gasteiger partial charge in [0.25, 0.3) is 0 Å². The molecular weight excluding hydrogens is 444 g/mol. The number of rotatable bonds is 5. The summed E-state index contributed by atoms with van der Waals surface area (Å²) in [4.78, 5) is 8.04. The highest BCUT2D eigenvalue weighted by molar-refractivity contribution is 7.99. The van der Waals surface area contributed by atoms with Crippen molar-refractivity contribution in [2.24, 2.45) is 0 Å². The highest BCUT2D eigenvalue weighted by Gasteiger charge is 2.57. The van der Waals surface area contributed by atoms with Crippen molar-refractivity contribution in [3.8, 4) is 11.4 Å². The van der Waals surface area contributed by atoms with Gasteiger partial charge >= 0.3 is 18.3 Å². The van der Waals surface area contributed by atoms with Crippen molar-refractivity contribution in [3.05, 3.63) is 36.3 Å². The van der Waals surface area contributed by atoms with Gasteiger partial charge in [-0.25, -0.2) is 0 Å². The smallest absolute Gasteiger partial charge is 0.257 e. The Kier molecular flexibility index (Phi) is 5.69. The van der Waals surface area contributed by atoms with Crippen molar-refractivity contribution in [3.63, 3.8) is 0 Å². The summed E-state index contributed by atoms with van der Waals surface area (Å²) in [6.45, 7) is 0.00663. The summed E-state index contributed by atoms with van der Waals surface area (Å²) < 4.78 is 103. The van der Waals surface area contributed by atoms with Crippen LogP contribution in [-0.4, -0.2) is 37.6 Å². The number of halogens is 8. The first-order valence-electron chi connectivity index (χ1n) is 8.30. The Labute approximate surface area is 168 Å². The minimum atomic E-state index is -5.74. The molecule has 0 aliphatic heterocycles. The fourth-order valence-corrected chi connectivity index (χ4v) is 3.38. The van der Waals surface area contributed by atoms with Gasteiger partial charge in [-0.05, 0) is 17.9 Å². The van der Waals surface area contributed by atoms with E-state index in [2.05, 4.69) is 15.1 Å². The van der Waals surface area contributed by atoms with Crippen molar-refractivity contribution < 1.29 is 35.1 Å². The van der Waals surface area contributed by atoms with Crippen molar-refractivity contribution >= 4 is 22.7 Å². The standard InChI is InChI=1S/C17H12F8N4S/c1-2-30-13-4-10(16(20,21)22)6-27-14(13)11-3-9-5-28-29(12(9)7-26-11)8-15(18,19)17(23,24)25/h3-7H,2,8H2,1H3. The molecule has 0 aromatic carbocycles. The van der Waals surface area contributed by atoms with Gasteiger partial charge in [0.1, 0.15) is 12.2 Å². The molecule has 0 saturated heterocycles. The van der Waals surface area contributed by atoms with E-state index < -0.39 is 30.4 Å². The molecule has 30 heavy (non-hydrogen) atoms. The fraction of sp³-hybridized carbons (Fsp3) is 0.353. The third kappa shape index (κ3) is 4.35. The molecule has 0 N–H and O–H groups in total. The molecule has 3 aromatic heterocycles. The zero-order valence-corrected chi connectivity index (χ0v) is 15.8. The Balaban J connectivity index is 2.01. The molecule has 0 unspecified atom stereocenters. The van der Waals surface area contributed by atoms with Gasteiger partial charge in [0, 0.05) is 16.5 Å². The predicted octanol–water partition coefficient (Wildman–Crippen LogP) is 5.82. The molecule has 0 bridgehead atoms. The molecule has 3 aromatic rings. The summed E-state index contributed by atoms with van der Waals surface area (Å²) in [6.07, 6.45) is -7.58. The predicted molar refractivity (Wildman–Crippen MR) is 93.2 cm³/mol. The lowest BCUT2D eigenvalue weighted by atomic mass is 10.2. The number of thioether (sulfide) groups is 1. The molecule has 3 rings (SSSR count). The fourth-order valence-electron chi connectivity index (χ4n) is 2.57. The minimum absolute atomic E-state index is 0.0840. The van der Waals surface area contributed by atoms with Crippen LogP contribution in [-0.2, 0) is 12.7 Å². The third-order valence-electron chi connectivity index (χ3n) is 4.01. The van der Waals surface area contributed by atoms with E-state index in [4.69, 9.17) is 0 Å². The van der Waals surface area contributed by atoms with E-state index in [-0.39, 0.29) is 27.2 Å². The summed E-state index contributed by atoms with van der Waals surface area (Å²) in [5.41, 5.74) is -0.760. The minimum Gasteiger partial charge on any atom is -0.257 e. The molecular formula is C17H12F8N4S. The number of alkyl halides is 8. The summed E-state index contributed by atoms with van der Waals surface area (Å²) in [5.74, 6) is -4.55. The number of hydrogen-bond acceptors (Lipinski definition) is 4. The number of aromatic nitrogens is 4. The van der Waals surface area contributed by atoms with Crippen LogP contribution in [0.5, 0.6) is 0 Å². The molecule has 0 fully saturated rings. The first-order chi connectivity index (χ1) is 13.8. The van der Waals surface area contributed by atoms with Gasteiger partial charge in [-0.2, -0.15) is 40.2 Å². The van der Waals surface area contributed by atoms with E-state index in [0.29, 0.717) is 16.6 Å². The maximum atomic E-state index is 13.3. The van der Waals surface area contributed by atoms with Crippen LogP contribution in [0.3, 0.4) is 0 Å². The summed E-state index contributed by atoms with van der Waals surface area (Å²) in [5, 5.41) is 3.74. The molecule has 0 aliphatic rings. The molecule has 0 atom stereocenters. The third-order valence-corrected chi connectivity index (χ3v) is 4.92. The first kappa shape index (κ1) is 22.2. The van der Waals surface area contributed by atoms with Crippen molar-refractivity contribution in [1.82, 2.24) is 19.7 Å². The number of fused-ring (bicyclic) bond motifs is 1. The van der Waals surface area contributed by atoms with Gasteiger partial charge in [0.05, 0.1) is 29.2 Å². The van der Waals surface area contributed by atoms with Gasteiger partial charge in [-0.3, -0.25) is 14.6 Å². The largest absolute Gasteiger partial charge is 0.455 e. The number of hydrogen-bond donors (Lipinski definition) is 0. The monoisotopic (exact) mass is 456 g/mol. The molecule has 0 aliphatic carbocycles. The van der Waals surface area contributed by atoms with Crippen LogP contribution >= 0.6 is 11.8 Å². The first-order valence-corrected chi connectivity index (χ1v) is 9.28. The van der Waals surface area contributed by atoms with Gasteiger partial charge < -0.3 is 0 Å². The van der Waals surface area contributed by atoms with Gasteiger partial charge in [-0.1, -0.05) is 6.92 Å². The Bertz CT molecular complexity index is 1060. The van der Waals surface area contributed by atoms with Crippen molar-refractivity contribution in [2.45, 2.75) is 36.6 Å². The Morgan fingerprint density at radius 3 is 2.23 bits per heavy atom. The quantitative estimate of drug-likeness (QED) is 0.359. The van der Waals surface area contributed by atoms with E-state index >= 15 is 0 Å². The van der Waals surface area contributed by atoms with E-state index in [1.807, 2.05) is 0 Å². The molecule has 4 nitrogen and oxygen atoms in total. The highest BCUT2D eigenvalue weighted by atomic mass is 32.2. The molecule has 0 saturated carbocycles. The second-order valence-electron chi connectivity index (χ2n) is 6.13. The van der Waals surface area contributed by atoms with Crippen LogP contribution in [0, 0.1) is 0 Å². The summed E-state index contributed by atoms with van der Waals surface area (Å²) in [6, 6.07) is 2.25. The van der Waals surface area contributed by atoms with Crippen LogP contribution in [0.1, 0.15) is 12.5 Å². The molecule has 162 valence electrons. The van der Waals surface area contributed by atoms with Crippen molar-refractivity contribution in [2.75, 3.05) is 5.75 Å². The zero-order chi connectivity index (χ0) is 22.3. The summed E-state index contributed by atoms with van der Waals surface area (Å²) >= 11 is 1.10. The van der Waals surface area contributed by atoms with Gasteiger partial charge in [-0.15, -0.1) is 11.8 Å². The lowest BCUT2D eigenvalue weighted by Crippen LogP contribution is -2.40. The SMILES string of the molecule is CCSc1cc(C(F)(F)F)cnc1-c1cc2cnn(CC(F)(F)C(F)(F)F)c2cn1. The lowest BCUT2D eigenvalue weighted by Gasteiger charge is -2.19. The maximum absolute atomic E-state index is 13.3. The second kappa shape index (κ2) is 7.67. The van der Waals surface area contributed by atoms with Crippen LogP contribution < -0.4 is 0 Å². The molecule has 3 heterocycles. The van der Waals surface area contributed by atoms with E-state index in [9.17, 15) is 35.1 Å². The second-order valence-corrected chi connectivity index (χ2v) is 7.44. The Hall–Kier alpha value is -2.44. The average Bonchev–Trinajstić information content (AvgIpc) is 3.02. The van der Waals surface area contributed by atoms with E-state index in [1.165, 1.54) is 6.07 Å². The van der Waals surface area contributed by atoms with Crippen LogP contribution in [0.4, 0.5) is 35.1 Å². The Morgan fingerprint density at radius 1 is 0.933 bits per heavy atom. The number of nitrogens with zero attached hydrogens (tertiary/aromatic N) is 4. The number of pyridine rings is 2. The van der Waals surface area contributed by atoms with E-state index in [0.717, 1.165) is 30.2 Å². The normalized spacial score (nSPS) is 13.2. The zero-order valence-electron chi connectivity index (χ0n) is 15.0. The maximum Gasteiger partial charge on any atom is 0.455 e. The lowest BCUT2D eigenvalue weighted by molar-refractivity contribution is -0.287. The molecule has 0 radical (unpaired) electrons. The van der Waals surface area contributed by atoms with Gasteiger partial charge in [0.2, 0.25) is 0 Å². The summed E-state index contributed by atoms with van der Waals surface area (Å²) in [7, 11) is 0. The highest BCUT2D eigenvalue weighted by Crippen LogP contribution is 2.38.